The summed E-state index contributed by atoms with van der Waals surface area (Å²) in [5.74, 6) is 0. The third-order valence-corrected chi connectivity index (χ3v) is 11.1. The molecule has 57 heavy (non-hydrogen) atoms. The Morgan fingerprint density at radius 3 is 1.60 bits per heavy atom. The molecule has 0 aliphatic heterocycles. The van der Waals surface area contributed by atoms with Crippen LogP contribution in [0.15, 0.2) is 224 Å². The van der Waals surface area contributed by atoms with Gasteiger partial charge in [0.1, 0.15) is 0 Å². The molecular formula is C55H40N2. The summed E-state index contributed by atoms with van der Waals surface area (Å²) in [6.07, 6.45) is 0. The first-order chi connectivity index (χ1) is 28.2. The summed E-state index contributed by atoms with van der Waals surface area (Å²) in [5, 5.41) is 2.40. The Morgan fingerprint density at radius 1 is 0.351 bits per heavy atom. The van der Waals surface area contributed by atoms with Gasteiger partial charge in [0, 0.05) is 27.6 Å². The molecule has 0 saturated heterocycles. The minimum Gasteiger partial charge on any atom is -0.309 e. The predicted molar refractivity (Wildman–Crippen MR) is 242 cm³/mol. The van der Waals surface area contributed by atoms with Crippen molar-refractivity contribution >= 4 is 38.9 Å². The fourth-order valence-electron chi connectivity index (χ4n) is 8.43. The molecule has 0 N–H and O–H groups in total. The van der Waals surface area contributed by atoms with Gasteiger partial charge in [0.25, 0.3) is 0 Å². The summed E-state index contributed by atoms with van der Waals surface area (Å²) in [4.78, 5) is 2.46. The maximum atomic E-state index is 2.48. The summed E-state index contributed by atoms with van der Waals surface area (Å²) in [7, 11) is 0. The van der Waals surface area contributed by atoms with E-state index in [1.807, 2.05) is 0 Å². The molecule has 0 radical (unpaired) electrons. The molecular weight excluding hydrogens is 689 g/mol. The first-order valence-corrected chi connectivity index (χ1v) is 19.6. The molecule has 2 heteroatoms. The maximum absolute atomic E-state index is 2.48. The highest BCUT2D eigenvalue weighted by Crippen LogP contribution is 2.48. The van der Waals surface area contributed by atoms with Gasteiger partial charge in [-0.25, -0.2) is 0 Å². The van der Waals surface area contributed by atoms with Crippen molar-refractivity contribution < 1.29 is 0 Å². The zero-order valence-corrected chi connectivity index (χ0v) is 31.8. The Morgan fingerprint density at radius 2 is 0.860 bits per heavy atom. The Labute approximate surface area is 334 Å². The number of aryl methyl sites for hydroxylation is 1. The van der Waals surface area contributed by atoms with E-state index < -0.39 is 0 Å². The minimum absolute atomic E-state index is 1.09. The third kappa shape index (κ3) is 6.18. The maximum Gasteiger partial charge on any atom is 0.0562 e. The number of para-hydroxylation sites is 2. The van der Waals surface area contributed by atoms with Crippen molar-refractivity contribution in [3.8, 4) is 50.2 Å². The van der Waals surface area contributed by atoms with Crippen molar-refractivity contribution in [3.05, 3.63) is 230 Å². The summed E-state index contributed by atoms with van der Waals surface area (Å²) < 4.78 is 2.48. The zero-order valence-electron chi connectivity index (χ0n) is 31.8. The third-order valence-electron chi connectivity index (χ3n) is 11.1. The molecule has 9 aromatic carbocycles. The fraction of sp³-hybridized carbons (Fsp3) is 0.0182. The molecule has 0 amide bonds. The molecule has 10 aromatic rings. The van der Waals surface area contributed by atoms with Gasteiger partial charge in [-0.2, -0.15) is 0 Å². The monoisotopic (exact) mass is 728 g/mol. The SMILES string of the molecule is Cc1ccc(-c2cccc(-n3c4ccccc4c4c(N(c5ccc(-c6ccccc6)cc5)c5ccccc5-c5ccccc5)cccc43)c2-c2ccccc2)cc1. The van der Waals surface area contributed by atoms with Gasteiger partial charge in [0.05, 0.1) is 28.1 Å². The van der Waals surface area contributed by atoms with Gasteiger partial charge in [-0.15, -0.1) is 0 Å². The number of anilines is 3. The molecule has 270 valence electrons. The van der Waals surface area contributed by atoms with Gasteiger partial charge >= 0.3 is 0 Å². The van der Waals surface area contributed by atoms with E-state index in [2.05, 4.69) is 241 Å². The van der Waals surface area contributed by atoms with Crippen LogP contribution in [0.1, 0.15) is 5.56 Å². The molecule has 1 heterocycles. The van der Waals surface area contributed by atoms with E-state index in [1.54, 1.807) is 0 Å². The minimum atomic E-state index is 1.09. The molecule has 0 atom stereocenters. The van der Waals surface area contributed by atoms with Crippen LogP contribution in [0.2, 0.25) is 0 Å². The van der Waals surface area contributed by atoms with Crippen molar-refractivity contribution in [1.29, 1.82) is 0 Å². The molecule has 0 unspecified atom stereocenters. The lowest BCUT2D eigenvalue weighted by molar-refractivity contribution is 1.18. The highest BCUT2D eigenvalue weighted by molar-refractivity contribution is 6.17. The first kappa shape index (κ1) is 34.1. The molecule has 0 aliphatic carbocycles. The lowest BCUT2D eigenvalue weighted by Gasteiger charge is -2.29. The van der Waals surface area contributed by atoms with Gasteiger partial charge in [-0.05, 0) is 82.8 Å². The van der Waals surface area contributed by atoms with E-state index in [0.717, 1.165) is 33.8 Å². The lowest BCUT2D eigenvalue weighted by atomic mass is 9.92. The second kappa shape index (κ2) is 14.7. The van der Waals surface area contributed by atoms with Gasteiger partial charge in [0.15, 0.2) is 0 Å². The van der Waals surface area contributed by atoms with Crippen LogP contribution in [0, 0.1) is 6.92 Å². The molecule has 2 nitrogen and oxygen atoms in total. The number of nitrogens with zero attached hydrogens (tertiary/aromatic N) is 2. The van der Waals surface area contributed by atoms with Crippen molar-refractivity contribution in [2.75, 3.05) is 4.90 Å². The Hall–Kier alpha value is -7.42. The van der Waals surface area contributed by atoms with E-state index in [9.17, 15) is 0 Å². The number of fused-ring (bicyclic) bond motifs is 3. The fourth-order valence-corrected chi connectivity index (χ4v) is 8.43. The van der Waals surface area contributed by atoms with Crippen LogP contribution < -0.4 is 4.90 Å². The van der Waals surface area contributed by atoms with Crippen LogP contribution in [0.5, 0.6) is 0 Å². The second-order valence-electron chi connectivity index (χ2n) is 14.6. The molecule has 0 saturated carbocycles. The quantitative estimate of drug-likeness (QED) is 0.151. The van der Waals surface area contributed by atoms with Crippen LogP contribution in [-0.4, -0.2) is 4.57 Å². The smallest absolute Gasteiger partial charge is 0.0562 e. The standard InChI is InChI=1S/C55H40N2/c1-39-31-33-43(34-32-39)47-25-15-28-51(54(47)44-21-9-4-10-22-44)57-50-27-14-12-24-48(50)55-52(29-16-30-53(55)57)56(45-37-35-41(36-38-45)40-17-5-2-6-18-40)49-26-13-11-23-46(49)42-19-7-3-8-20-42/h2-38H,1H3. The van der Waals surface area contributed by atoms with Crippen LogP contribution in [0.25, 0.3) is 72.0 Å². The number of rotatable bonds is 8. The number of aromatic nitrogens is 1. The predicted octanol–water partition coefficient (Wildman–Crippen LogP) is 15.2. The normalized spacial score (nSPS) is 11.2. The Balaban J connectivity index is 1.26. The van der Waals surface area contributed by atoms with Crippen LogP contribution in [-0.2, 0) is 0 Å². The first-order valence-electron chi connectivity index (χ1n) is 19.6. The van der Waals surface area contributed by atoms with Gasteiger partial charge in [0.2, 0.25) is 0 Å². The van der Waals surface area contributed by atoms with Gasteiger partial charge < -0.3 is 9.47 Å². The van der Waals surface area contributed by atoms with Crippen LogP contribution in [0.3, 0.4) is 0 Å². The van der Waals surface area contributed by atoms with E-state index in [4.69, 9.17) is 0 Å². The average Bonchev–Trinajstić information content (AvgIpc) is 3.63. The van der Waals surface area contributed by atoms with Gasteiger partial charge in [-0.3, -0.25) is 0 Å². The van der Waals surface area contributed by atoms with E-state index in [-0.39, 0.29) is 0 Å². The Kier molecular flexibility index (Phi) is 8.78. The average molecular weight is 729 g/mol. The van der Waals surface area contributed by atoms with E-state index >= 15 is 0 Å². The number of benzene rings is 9. The highest BCUT2D eigenvalue weighted by Gasteiger charge is 2.24. The zero-order chi connectivity index (χ0) is 38.1. The molecule has 0 spiro atoms. The summed E-state index contributed by atoms with van der Waals surface area (Å²) in [6, 6.07) is 81.3. The molecule has 0 fully saturated rings. The van der Waals surface area contributed by atoms with Crippen molar-refractivity contribution in [3.63, 3.8) is 0 Å². The van der Waals surface area contributed by atoms with E-state index in [1.165, 1.54) is 60.8 Å². The molecule has 0 bridgehead atoms. The topological polar surface area (TPSA) is 8.17 Å². The summed E-state index contributed by atoms with van der Waals surface area (Å²) in [6.45, 7) is 2.15. The highest BCUT2D eigenvalue weighted by atomic mass is 15.2. The number of hydrogen-bond donors (Lipinski definition) is 0. The molecule has 10 rings (SSSR count). The number of hydrogen-bond acceptors (Lipinski definition) is 1. The van der Waals surface area contributed by atoms with Crippen LogP contribution >= 0.6 is 0 Å². The summed E-state index contributed by atoms with van der Waals surface area (Å²) >= 11 is 0. The lowest BCUT2D eigenvalue weighted by Crippen LogP contribution is -2.11. The van der Waals surface area contributed by atoms with E-state index in [0.29, 0.717) is 0 Å². The van der Waals surface area contributed by atoms with Gasteiger partial charge in [-0.1, -0.05) is 188 Å². The van der Waals surface area contributed by atoms with Crippen LogP contribution in [0.4, 0.5) is 17.1 Å². The van der Waals surface area contributed by atoms with Crippen molar-refractivity contribution in [2.24, 2.45) is 0 Å². The second-order valence-corrected chi connectivity index (χ2v) is 14.6. The molecule has 1 aromatic heterocycles. The van der Waals surface area contributed by atoms with Crippen molar-refractivity contribution in [1.82, 2.24) is 4.57 Å². The molecule has 0 aliphatic rings. The van der Waals surface area contributed by atoms with Crippen molar-refractivity contribution in [2.45, 2.75) is 6.92 Å². The summed E-state index contributed by atoms with van der Waals surface area (Å²) in [5.41, 5.74) is 17.6. The largest absolute Gasteiger partial charge is 0.309 e. The Bertz CT molecular complexity index is 2980.